The molecule has 0 saturated heterocycles. The largest absolute Gasteiger partial charge is 0.324 e. The Kier molecular flexibility index (Phi) is 6.57. The van der Waals surface area contributed by atoms with E-state index in [0.29, 0.717) is 5.56 Å². The summed E-state index contributed by atoms with van der Waals surface area (Å²) in [4.78, 5) is 23.2. The summed E-state index contributed by atoms with van der Waals surface area (Å²) in [5, 5.41) is 13.7. The van der Waals surface area contributed by atoms with Crippen LogP contribution in [0.3, 0.4) is 0 Å². The zero-order chi connectivity index (χ0) is 22.6. The molecular formula is C21H18ClN3O5S. The number of halogens is 1. The number of benzene rings is 3. The minimum atomic E-state index is -4.12. The summed E-state index contributed by atoms with van der Waals surface area (Å²) in [6.07, 6.45) is 0. The van der Waals surface area contributed by atoms with Crippen molar-refractivity contribution in [2.24, 2.45) is 0 Å². The summed E-state index contributed by atoms with van der Waals surface area (Å²) in [5.74, 6) is -0.678. The maximum Gasteiger partial charge on any atom is 0.271 e. The van der Waals surface area contributed by atoms with Gasteiger partial charge in [-0.15, -0.1) is 0 Å². The van der Waals surface area contributed by atoms with Crippen molar-refractivity contribution in [2.45, 2.75) is 11.8 Å². The molecule has 0 radical (unpaired) electrons. The van der Waals surface area contributed by atoms with Gasteiger partial charge in [-0.3, -0.25) is 19.2 Å². The topological polar surface area (TPSA) is 110 Å². The molecule has 0 fully saturated rings. The van der Waals surface area contributed by atoms with Crippen LogP contribution in [-0.2, 0) is 14.8 Å². The number of non-ortho nitro benzene ring substituents is 1. The van der Waals surface area contributed by atoms with Crippen molar-refractivity contribution in [1.82, 2.24) is 0 Å². The van der Waals surface area contributed by atoms with Crippen LogP contribution < -0.4 is 9.62 Å². The van der Waals surface area contributed by atoms with Gasteiger partial charge >= 0.3 is 0 Å². The highest BCUT2D eigenvalue weighted by molar-refractivity contribution is 7.92. The van der Waals surface area contributed by atoms with Crippen LogP contribution in [0.1, 0.15) is 5.56 Å². The minimum Gasteiger partial charge on any atom is -0.324 e. The van der Waals surface area contributed by atoms with Crippen LogP contribution in [0, 0.1) is 17.0 Å². The van der Waals surface area contributed by atoms with E-state index in [-0.39, 0.29) is 27.0 Å². The molecule has 3 aromatic carbocycles. The van der Waals surface area contributed by atoms with Crippen LogP contribution in [-0.4, -0.2) is 25.8 Å². The standard InChI is InChI=1S/C21H18ClN3O5S/c1-15-11-12-16(25(27)28)13-19(15)23-21(26)14-24(20-10-6-5-9-18(20)22)31(29,30)17-7-3-2-4-8-17/h2-13H,14H2,1H3,(H,23,26). The first-order chi connectivity index (χ1) is 14.7. The molecule has 0 aliphatic rings. The molecule has 10 heteroatoms. The van der Waals surface area contributed by atoms with Crippen molar-refractivity contribution in [3.8, 4) is 0 Å². The molecule has 0 aliphatic heterocycles. The Labute approximate surface area is 184 Å². The molecule has 3 rings (SSSR count). The number of hydrogen-bond acceptors (Lipinski definition) is 5. The van der Waals surface area contributed by atoms with Gasteiger partial charge in [0, 0.05) is 12.1 Å². The summed E-state index contributed by atoms with van der Waals surface area (Å²) in [5.41, 5.74) is 0.754. The van der Waals surface area contributed by atoms with E-state index in [2.05, 4.69) is 5.32 Å². The number of hydrogen-bond donors (Lipinski definition) is 1. The molecule has 0 saturated carbocycles. The number of sulfonamides is 1. The number of nitro benzene ring substituents is 1. The zero-order valence-electron chi connectivity index (χ0n) is 16.4. The van der Waals surface area contributed by atoms with Gasteiger partial charge in [0.05, 0.1) is 26.2 Å². The van der Waals surface area contributed by atoms with Gasteiger partial charge in [-0.05, 0) is 36.8 Å². The maximum atomic E-state index is 13.3. The number of rotatable bonds is 7. The van der Waals surface area contributed by atoms with Gasteiger partial charge in [-0.25, -0.2) is 8.42 Å². The van der Waals surface area contributed by atoms with E-state index in [9.17, 15) is 23.3 Å². The molecule has 0 aromatic heterocycles. The van der Waals surface area contributed by atoms with E-state index < -0.39 is 27.4 Å². The van der Waals surface area contributed by atoms with Crippen LogP contribution in [0.2, 0.25) is 5.02 Å². The number of aryl methyl sites for hydroxylation is 1. The first kappa shape index (κ1) is 22.3. The maximum absolute atomic E-state index is 13.3. The van der Waals surface area contributed by atoms with Gasteiger partial charge in [0.25, 0.3) is 15.7 Å². The average molecular weight is 460 g/mol. The summed E-state index contributed by atoms with van der Waals surface area (Å²) in [6, 6.07) is 18.0. The second-order valence-corrected chi connectivity index (χ2v) is 8.85. The number of nitrogens with zero attached hydrogens (tertiary/aromatic N) is 2. The van der Waals surface area contributed by atoms with Crippen molar-refractivity contribution in [3.05, 3.63) is 93.5 Å². The predicted molar refractivity (Wildman–Crippen MR) is 119 cm³/mol. The molecule has 1 amide bonds. The van der Waals surface area contributed by atoms with Gasteiger partial charge in [-0.1, -0.05) is 48.0 Å². The Hall–Kier alpha value is -3.43. The summed E-state index contributed by atoms with van der Waals surface area (Å²) < 4.78 is 27.5. The molecule has 3 aromatic rings. The minimum absolute atomic E-state index is 0.00532. The molecular weight excluding hydrogens is 442 g/mol. The fraction of sp³-hybridized carbons (Fsp3) is 0.0952. The predicted octanol–water partition coefficient (Wildman–Crippen LogP) is 4.39. The molecule has 0 aliphatic carbocycles. The fourth-order valence-electron chi connectivity index (χ4n) is 2.85. The third-order valence-corrected chi connectivity index (χ3v) is 6.54. The lowest BCUT2D eigenvalue weighted by Gasteiger charge is -2.25. The Morgan fingerprint density at radius 1 is 1.06 bits per heavy atom. The number of anilines is 2. The van der Waals surface area contributed by atoms with Crippen molar-refractivity contribution in [3.63, 3.8) is 0 Å². The van der Waals surface area contributed by atoms with Gasteiger partial charge < -0.3 is 5.32 Å². The normalized spacial score (nSPS) is 11.0. The number of carbonyl (C=O) groups excluding carboxylic acids is 1. The molecule has 1 N–H and O–H groups in total. The van der Waals surface area contributed by atoms with Crippen molar-refractivity contribution in [1.29, 1.82) is 0 Å². The molecule has 0 atom stereocenters. The summed E-state index contributed by atoms with van der Waals surface area (Å²) in [7, 11) is -4.12. The van der Waals surface area contributed by atoms with Crippen LogP contribution in [0.25, 0.3) is 0 Å². The first-order valence-electron chi connectivity index (χ1n) is 9.07. The first-order valence-corrected chi connectivity index (χ1v) is 10.9. The lowest BCUT2D eigenvalue weighted by atomic mass is 10.2. The Balaban J connectivity index is 1.97. The number of nitrogens with one attached hydrogen (secondary N) is 1. The van der Waals surface area contributed by atoms with Gasteiger partial charge in [0.1, 0.15) is 6.54 Å². The van der Waals surface area contributed by atoms with Crippen LogP contribution in [0.4, 0.5) is 17.1 Å². The number of nitro groups is 1. The third-order valence-electron chi connectivity index (χ3n) is 4.45. The van der Waals surface area contributed by atoms with Gasteiger partial charge in [-0.2, -0.15) is 0 Å². The summed E-state index contributed by atoms with van der Waals surface area (Å²) in [6.45, 7) is 1.09. The highest BCUT2D eigenvalue weighted by atomic mass is 35.5. The zero-order valence-corrected chi connectivity index (χ0v) is 17.9. The molecule has 0 spiro atoms. The van der Waals surface area contributed by atoms with Crippen LogP contribution in [0.5, 0.6) is 0 Å². The van der Waals surface area contributed by atoms with E-state index in [0.717, 1.165) is 4.31 Å². The third kappa shape index (κ3) is 5.01. The highest BCUT2D eigenvalue weighted by Crippen LogP contribution is 2.30. The Bertz CT molecular complexity index is 1230. The second-order valence-electron chi connectivity index (χ2n) is 6.58. The number of amides is 1. The Morgan fingerprint density at radius 2 is 1.71 bits per heavy atom. The Morgan fingerprint density at radius 3 is 2.35 bits per heavy atom. The fourth-order valence-corrected chi connectivity index (χ4v) is 4.60. The van der Waals surface area contributed by atoms with Crippen LogP contribution >= 0.6 is 11.6 Å². The van der Waals surface area contributed by atoms with E-state index in [1.165, 1.54) is 42.5 Å². The quantitative estimate of drug-likeness (QED) is 0.416. The highest BCUT2D eigenvalue weighted by Gasteiger charge is 2.28. The average Bonchev–Trinajstić information content (AvgIpc) is 2.74. The van der Waals surface area contributed by atoms with E-state index in [1.54, 1.807) is 37.3 Å². The second kappa shape index (κ2) is 9.15. The number of para-hydroxylation sites is 1. The van der Waals surface area contributed by atoms with Crippen molar-refractivity contribution >= 4 is 44.6 Å². The number of carbonyl (C=O) groups is 1. The van der Waals surface area contributed by atoms with E-state index >= 15 is 0 Å². The van der Waals surface area contributed by atoms with Crippen LogP contribution in [0.15, 0.2) is 77.7 Å². The molecule has 0 heterocycles. The van der Waals surface area contributed by atoms with Gasteiger partial charge in [0.2, 0.25) is 5.91 Å². The lowest BCUT2D eigenvalue weighted by molar-refractivity contribution is -0.384. The molecule has 160 valence electrons. The summed E-state index contributed by atoms with van der Waals surface area (Å²) >= 11 is 6.22. The monoisotopic (exact) mass is 459 g/mol. The van der Waals surface area contributed by atoms with Gasteiger partial charge in [0.15, 0.2) is 0 Å². The smallest absolute Gasteiger partial charge is 0.271 e. The molecule has 0 bridgehead atoms. The van der Waals surface area contributed by atoms with E-state index in [4.69, 9.17) is 11.6 Å². The van der Waals surface area contributed by atoms with Crippen molar-refractivity contribution in [2.75, 3.05) is 16.2 Å². The van der Waals surface area contributed by atoms with Crippen molar-refractivity contribution < 1.29 is 18.1 Å². The SMILES string of the molecule is Cc1ccc([N+](=O)[O-])cc1NC(=O)CN(c1ccccc1Cl)S(=O)(=O)c1ccccc1. The molecule has 31 heavy (non-hydrogen) atoms. The lowest BCUT2D eigenvalue weighted by Crippen LogP contribution is -2.38. The van der Waals surface area contributed by atoms with E-state index in [1.807, 2.05) is 0 Å². The molecule has 0 unspecified atom stereocenters. The molecule has 8 nitrogen and oxygen atoms in total.